The predicted octanol–water partition coefficient (Wildman–Crippen LogP) is 3.61. The lowest BCUT2D eigenvalue weighted by atomic mass is 10.0. The number of hydrogen-bond acceptors (Lipinski definition) is 5. The van der Waals surface area contributed by atoms with Gasteiger partial charge in [0.05, 0.1) is 15.8 Å². The smallest absolute Gasteiger partial charge is 0.244 e. The molecule has 0 radical (unpaired) electrons. The minimum Gasteiger partial charge on any atom is -0.366 e. The first kappa shape index (κ1) is 22.8. The Morgan fingerprint density at radius 1 is 1.26 bits per heavy atom. The van der Waals surface area contributed by atoms with Gasteiger partial charge in [0.2, 0.25) is 10.0 Å². The second kappa shape index (κ2) is 8.88. The van der Waals surface area contributed by atoms with Gasteiger partial charge in [0.15, 0.2) is 10.9 Å². The molecule has 1 unspecified atom stereocenters. The Morgan fingerprint density at radius 2 is 1.85 bits per heavy atom. The molecule has 0 amide bonds. The predicted molar refractivity (Wildman–Crippen MR) is 113 cm³/mol. The van der Waals surface area contributed by atoms with E-state index in [2.05, 4.69) is 4.99 Å². The summed E-state index contributed by atoms with van der Waals surface area (Å²) < 4.78 is 27.8. The third-order valence-electron chi connectivity index (χ3n) is 4.45. The number of benzene rings is 1. The molecule has 1 aliphatic heterocycles. The van der Waals surface area contributed by atoms with Crippen molar-refractivity contribution in [2.45, 2.75) is 37.3 Å². The van der Waals surface area contributed by atoms with E-state index in [4.69, 9.17) is 23.2 Å². The van der Waals surface area contributed by atoms with Gasteiger partial charge >= 0.3 is 0 Å². The van der Waals surface area contributed by atoms with Crippen LogP contribution in [0, 0.1) is 0 Å². The number of thioether (sulfide) groups is 1. The van der Waals surface area contributed by atoms with Crippen molar-refractivity contribution in [2.75, 3.05) is 32.9 Å². The molecule has 10 heteroatoms. The van der Waals surface area contributed by atoms with Gasteiger partial charge < -0.3 is 10.0 Å². The van der Waals surface area contributed by atoms with Gasteiger partial charge in [-0.15, -0.1) is 0 Å². The van der Waals surface area contributed by atoms with E-state index in [1.165, 1.54) is 28.2 Å². The summed E-state index contributed by atoms with van der Waals surface area (Å²) in [5.74, 6) is 0.282. The number of aliphatic hydroxyl groups is 1. The molecule has 1 aliphatic rings. The van der Waals surface area contributed by atoms with Gasteiger partial charge in [-0.1, -0.05) is 48.8 Å². The standard InChI is InChI=1S/C17H25Cl2N3O3S2/c1-5-7-22(8-6-2)27(24,25)15-9-12(13(18)10-14(15)19)17(23)11-26-16(20-3)21(17)4/h9-10,23H,5-8,11H2,1-4H3. The first-order valence-corrected chi connectivity index (χ1v) is 11.9. The highest BCUT2D eigenvalue weighted by Gasteiger charge is 2.44. The van der Waals surface area contributed by atoms with Crippen molar-refractivity contribution in [1.29, 1.82) is 0 Å². The van der Waals surface area contributed by atoms with Crippen molar-refractivity contribution in [2.24, 2.45) is 4.99 Å². The van der Waals surface area contributed by atoms with E-state index >= 15 is 0 Å². The lowest BCUT2D eigenvalue weighted by Crippen LogP contribution is -2.42. The lowest BCUT2D eigenvalue weighted by molar-refractivity contribution is -0.0348. The quantitative estimate of drug-likeness (QED) is 0.682. The molecule has 0 aromatic heterocycles. The van der Waals surface area contributed by atoms with E-state index in [0.717, 1.165) is 0 Å². The van der Waals surface area contributed by atoms with Gasteiger partial charge in [-0.05, 0) is 25.0 Å². The summed E-state index contributed by atoms with van der Waals surface area (Å²) in [5, 5.41) is 12.1. The largest absolute Gasteiger partial charge is 0.366 e. The van der Waals surface area contributed by atoms with E-state index in [-0.39, 0.29) is 20.7 Å². The average molecular weight is 454 g/mol. The molecule has 1 heterocycles. The second-order valence-corrected chi connectivity index (χ2v) is 10.0. The summed E-state index contributed by atoms with van der Waals surface area (Å²) in [6.45, 7) is 4.65. The normalized spacial score (nSPS) is 22.2. The second-order valence-electron chi connectivity index (χ2n) is 6.34. The van der Waals surface area contributed by atoms with E-state index in [1.807, 2.05) is 13.8 Å². The molecule has 1 saturated heterocycles. The van der Waals surface area contributed by atoms with Crippen molar-refractivity contribution in [3.63, 3.8) is 0 Å². The van der Waals surface area contributed by atoms with Crippen LogP contribution >= 0.6 is 35.0 Å². The molecule has 0 aliphatic carbocycles. The summed E-state index contributed by atoms with van der Waals surface area (Å²) in [4.78, 5) is 5.69. The van der Waals surface area contributed by atoms with Crippen LogP contribution < -0.4 is 0 Å². The van der Waals surface area contributed by atoms with Crippen LogP contribution in [0.15, 0.2) is 22.0 Å². The SMILES string of the molecule is CCCN(CCC)S(=O)(=O)c1cc(C2(O)CSC(=NC)N2C)c(Cl)cc1Cl. The van der Waals surface area contributed by atoms with E-state index < -0.39 is 15.7 Å². The molecular weight excluding hydrogens is 429 g/mol. The highest BCUT2D eigenvalue weighted by atomic mass is 35.5. The molecule has 27 heavy (non-hydrogen) atoms. The van der Waals surface area contributed by atoms with Crippen LogP contribution in [0.2, 0.25) is 10.0 Å². The number of amidine groups is 1. The number of halogens is 2. The summed E-state index contributed by atoms with van der Waals surface area (Å²) >= 11 is 14.0. The number of nitrogens with zero attached hydrogens (tertiary/aromatic N) is 3. The number of sulfonamides is 1. The van der Waals surface area contributed by atoms with Gasteiger partial charge in [0.25, 0.3) is 0 Å². The molecule has 1 N–H and O–H groups in total. The van der Waals surface area contributed by atoms with Crippen molar-refractivity contribution in [1.82, 2.24) is 9.21 Å². The number of rotatable bonds is 7. The van der Waals surface area contributed by atoms with E-state index in [0.29, 0.717) is 36.7 Å². The lowest BCUT2D eigenvalue weighted by Gasteiger charge is -2.32. The van der Waals surface area contributed by atoms with Crippen molar-refractivity contribution in [3.8, 4) is 0 Å². The summed E-state index contributed by atoms with van der Waals surface area (Å²) in [6, 6.07) is 2.78. The molecule has 152 valence electrons. The van der Waals surface area contributed by atoms with Crippen LogP contribution in [-0.2, 0) is 15.7 Å². The molecule has 2 rings (SSSR count). The first-order valence-electron chi connectivity index (χ1n) is 8.68. The van der Waals surface area contributed by atoms with Crippen LogP contribution in [-0.4, -0.2) is 60.8 Å². The van der Waals surface area contributed by atoms with Crippen molar-refractivity contribution < 1.29 is 13.5 Å². The maximum atomic E-state index is 13.2. The zero-order valence-corrected chi connectivity index (χ0v) is 19.0. The average Bonchev–Trinajstić information content (AvgIpc) is 2.90. The van der Waals surface area contributed by atoms with E-state index in [9.17, 15) is 13.5 Å². The number of hydrogen-bond donors (Lipinski definition) is 1. The maximum absolute atomic E-state index is 13.2. The Labute approximate surface area is 175 Å². The highest BCUT2D eigenvalue weighted by Crippen LogP contribution is 2.43. The molecule has 1 atom stereocenters. The Morgan fingerprint density at radius 3 is 2.33 bits per heavy atom. The van der Waals surface area contributed by atoms with Crippen LogP contribution in [0.1, 0.15) is 32.3 Å². The molecule has 0 bridgehead atoms. The monoisotopic (exact) mass is 453 g/mol. The van der Waals surface area contributed by atoms with Gasteiger partial charge in [0, 0.05) is 32.7 Å². The van der Waals surface area contributed by atoms with E-state index in [1.54, 1.807) is 19.0 Å². The van der Waals surface area contributed by atoms with Gasteiger partial charge in [0.1, 0.15) is 4.90 Å². The molecule has 0 spiro atoms. The van der Waals surface area contributed by atoms with Gasteiger partial charge in [-0.25, -0.2) is 8.42 Å². The van der Waals surface area contributed by atoms with Gasteiger partial charge in [-0.3, -0.25) is 4.99 Å². The Kier molecular flexibility index (Phi) is 7.49. The maximum Gasteiger partial charge on any atom is 0.244 e. The number of aliphatic imine (C=N–C) groups is 1. The summed E-state index contributed by atoms with van der Waals surface area (Å²) in [7, 11) is -0.480. The Balaban J connectivity index is 2.60. The summed E-state index contributed by atoms with van der Waals surface area (Å²) in [5.41, 5.74) is -1.17. The van der Waals surface area contributed by atoms with Crippen molar-refractivity contribution >= 4 is 50.2 Å². The fourth-order valence-electron chi connectivity index (χ4n) is 3.01. The zero-order chi connectivity index (χ0) is 20.4. The summed E-state index contributed by atoms with van der Waals surface area (Å²) in [6.07, 6.45) is 1.38. The molecule has 6 nitrogen and oxygen atoms in total. The van der Waals surface area contributed by atoms with Crippen LogP contribution in [0.5, 0.6) is 0 Å². The minimum atomic E-state index is -3.81. The van der Waals surface area contributed by atoms with Crippen molar-refractivity contribution in [3.05, 3.63) is 27.7 Å². The Hall–Kier alpha value is -0.510. The first-order chi connectivity index (χ1) is 12.6. The molecule has 1 aromatic carbocycles. The third kappa shape index (κ3) is 4.26. The molecule has 1 fully saturated rings. The Bertz CT molecular complexity index is 827. The zero-order valence-electron chi connectivity index (χ0n) is 15.9. The topological polar surface area (TPSA) is 73.2 Å². The molecular formula is C17H25Cl2N3O3S2. The van der Waals surface area contributed by atoms with Gasteiger partial charge in [-0.2, -0.15) is 4.31 Å². The molecule has 1 aromatic rings. The van der Waals surface area contributed by atoms with Crippen LogP contribution in [0.3, 0.4) is 0 Å². The minimum absolute atomic E-state index is 0.0424. The third-order valence-corrected chi connectivity index (χ3v) is 8.39. The highest BCUT2D eigenvalue weighted by molar-refractivity contribution is 8.14. The van der Waals surface area contributed by atoms with Crippen LogP contribution in [0.4, 0.5) is 0 Å². The van der Waals surface area contributed by atoms with Crippen LogP contribution in [0.25, 0.3) is 0 Å². The fraction of sp³-hybridized carbons (Fsp3) is 0.588. The fourth-order valence-corrected chi connectivity index (χ4v) is 6.69. The molecule has 0 saturated carbocycles.